The van der Waals surface area contributed by atoms with Crippen molar-refractivity contribution in [3.63, 3.8) is 0 Å². The number of piperazine rings is 1. The number of halogens is 1. The highest BCUT2D eigenvalue weighted by Crippen LogP contribution is 2.28. The summed E-state index contributed by atoms with van der Waals surface area (Å²) in [7, 11) is 1.54. The number of carbonyl (C=O) groups is 1. The number of hydrogen-bond donors (Lipinski definition) is 1. The van der Waals surface area contributed by atoms with E-state index in [2.05, 4.69) is 37.9 Å². The second-order valence-corrected chi connectivity index (χ2v) is 9.72. The summed E-state index contributed by atoms with van der Waals surface area (Å²) in [4.78, 5) is 17.6. The molecule has 0 aliphatic carbocycles. The van der Waals surface area contributed by atoms with Crippen molar-refractivity contribution in [2.24, 2.45) is 0 Å². The molecule has 1 aromatic heterocycles. The summed E-state index contributed by atoms with van der Waals surface area (Å²) >= 11 is 5.29. The largest absolute Gasteiger partial charge is 0.493 e. The van der Waals surface area contributed by atoms with Gasteiger partial charge in [0.2, 0.25) is 0 Å². The predicted octanol–water partition coefficient (Wildman–Crippen LogP) is 3.28. The normalized spacial score (nSPS) is 16.6. The van der Waals surface area contributed by atoms with Gasteiger partial charge in [0.25, 0.3) is 0 Å². The molecule has 0 saturated carbocycles. The molecule has 0 bridgehead atoms. The maximum Gasteiger partial charge on any atom is 0.161 e. The molecule has 2 aromatic rings. The average Bonchev–Trinajstić information content (AvgIpc) is 3.12. The quantitative estimate of drug-likeness (QED) is 0.553. The maximum atomic E-state index is 11.5. The third-order valence-electron chi connectivity index (χ3n) is 4.94. The molecule has 29 heavy (non-hydrogen) atoms. The minimum atomic E-state index is -0.591. The minimum Gasteiger partial charge on any atom is -0.493 e. The van der Waals surface area contributed by atoms with Crippen LogP contribution < -0.4 is 9.47 Å². The SMILES string of the molecule is COc1cc(C(C)=O)ccc1OCC(O)CN1CCN(Cc2ccc(Br)s2)CC1. The number of hydrogen-bond acceptors (Lipinski definition) is 7. The molecule has 1 aliphatic rings. The third kappa shape index (κ3) is 6.52. The van der Waals surface area contributed by atoms with E-state index in [4.69, 9.17) is 9.47 Å². The highest BCUT2D eigenvalue weighted by Gasteiger charge is 2.20. The Morgan fingerprint density at radius 3 is 2.52 bits per heavy atom. The summed E-state index contributed by atoms with van der Waals surface area (Å²) in [6.45, 7) is 7.09. The summed E-state index contributed by atoms with van der Waals surface area (Å²) in [5.74, 6) is 1.00. The lowest BCUT2D eigenvalue weighted by Gasteiger charge is -2.35. The molecule has 2 heterocycles. The number of thiophene rings is 1. The summed E-state index contributed by atoms with van der Waals surface area (Å²) < 4.78 is 12.2. The van der Waals surface area contributed by atoms with Crippen LogP contribution in [0.4, 0.5) is 0 Å². The Balaban J connectivity index is 1.42. The molecular weight excluding hydrogens is 456 g/mol. The number of ether oxygens (including phenoxy) is 2. The Morgan fingerprint density at radius 1 is 1.17 bits per heavy atom. The molecule has 6 nitrogen and oxygen atoms in total. The van der Waals surface area contributed by atoms with Crippen molar-refractivity contribution in [2.45, 2.75) is 19.6 Å². The third-order valence-corrected chi connectivity index (χ3v) is 6.55. The van der Waals surface area contributed by atoms with E-state index < -0.39 is 6.10 Å². The lowest BCUT2D eigenvalue weighted by Crippen LogP contribution is -2.48. The Kier molecular flexibility index (Phi) is 8.08. The average molecular weight is 483 g/mol. The number of benzene rings is 1. The van der Waals surface area contributed by atoms with E-state index in [0.717, 1.165) is 32.7 Å². The fourth-order valence-corrected chi connectivity index (χ4v) is 4.86. The number of carbonyl (C=O) groups excluding carboxylic acids is 1. The topological polar surface area (TPSA) is 62.2 Å². The predicted molar refractivity (Wildman–Crippen MR) is 118 cm³/mol. The molecule has 1 atom stereocenters. The van der Waals surface area contributed by atoms with Crippen LogP contribution in [0, 0.1) is 0 Å². The number of aliphatic hydroxyl groups excluding tert-OH is 1. The zero-order chi connectivity index (χ0) is 20.8. The van der Waals surface area contributed by atoms with Crippen molar-refractivity contribution in [1.82, 2.24) is 9.80 Å². The summed E-state index contributed by atoms with van der Waals surface area (Å²) in [5.41, 5.74) is 0.572. The molecule has 8 heteroatoms. The van der Waals surface area contributed by atoms with Crippen molar-refractivity contribution >= 4 is 33.0 Å². The zero-order valence-corrected chi connectivity index (χ0v) is 19.2. The van der Waals surface area contributed by atoms with Crippen LogP contribution in [0.2, 0.25) is 0 Å². The van der Waals surface area contributed by atoms with Gasteiger partial charge in [0.15, 0.2) is 17.3 Å². The number of rotatable bonds is 9. The van der Waals surface area contributed by atoms with Crippen LogP contribution in [0.15, 0.2) is 34.1 Å². The number of aliphatic hydroxyl groups is 1. The van der Waals surface area contributed by atoms with E-state index in [1.807, 2.05) is 0 Å². The van der Waals surface area contributed by atoms with Gasteiger partial charge in [-0.3, -0.25) is 14.6 Å². The van der Waals surface area contributed by atoms with Crippen molar-refractivity contribution < 1.29 is 19.4 Å². The molecule has 1 aliphatic heterocycles. The van der Waals surface area contributed by atoms with Crippen LogP contribution in [0.5, 0.6) is 11.5 Å². The fourth-order valence-electron chi connectivity index (χ4n) is 3.33. The van der Waals surface area contributed by atoms with E-state index in [-0.39, 0.29) is 12.4 Å². The van der Waals surface area contributed by atoms with Gasteiger partial charge < -0.3 is 14.6 Å². The van der Waals surface area contributed by atoms with Gasteiger partial charge in [-0.15, -0.1) is 11.3 Å². The van der Waals surface area contributed by atoms with Gasteiger partial charge in [0, 0.05) is 49.7 Å². The van der Waals surface area contributed by atoms with Gasteiger partial charge in [0.1, 0.15) is 12.7 Å². The van der Waals surface area contributed by atoms with Crippen molar-refractivity contribution in [3.05, 3.63) is 44.6 Å². The number of nitrogens with zero attached hydrogens (tertiary/aromatic N) is 2. The highest BCUT2D eigenvalue weighted by molar-refractivity contribution is 9.11. The maximum absolute atomic E-state index is 11.5. The van der Waals surface area contributed by atoms with Crippen LogP contribution >= 0.6 is 27.3 Å². The summed E-state index contributed by atoms with van der Waals surface area (Å²) in [6, 6.07) is 9.34. The van der Waals surface area contributed by atoms with Gasteiger partial charge >= 0.3 is 0 Å². The molecule has 158 valence electrons. The monoisotopic (exact) mass is 482 g/mol. The summed E-state index contributed by atoms with van der Waals surface area (Å²) in [5, 5.41) is 10.4. The first-order chi connectivity index (χ1) is 13.9. The molecule has 1 aromatic carbocycles. The van der Waals surface area contributed by atoms with Crippen LogP contribution in [-0.4, -0.2) is 73.2 Å². The number of β-amino-alcohol motifs (C(OH)–C–C–N with tert-alkyl or cyclic N) is 1. The van der Waals surface area contributed by atoms with Crippen molar-refractivity contribution in [1.29, 1.82) is 0 Å². The molecular formula is C21H27BrN2O4S. The second-order valence-electron chi connectivity index (χ2n) is 7.17. The van der Waals surface area contributed by atoms with Crippen LogP contribution in [-0.2, 0) is 6.54 Å². The van der Waals surface area contributed by atoms with Crippen molar-refractivity contribution in [2.75, 3.05) is 46.4 Å². The zero-order valence-electron chi connectivity index (χ0n) is 16.8. The molecule has 1 saturated heterocycles. The molecule has 1 N–H and O–H groups in total. The van der Waals surface area contributed by atoms with Crippen LogP contribution in [0.25, 0.3) is 0 Å². The fraction of sp³-hybridized carbons (Fsp3) is 0.476. The standard InChI is InChI=1S/C21H27BrN2O4S/c1-15(25)16-3-5-19(20(11-16)27-2)28-14-17(26)12-23-7-9-24(10-8-23)13-18-4-6-21(22)29-18/h3-6,11,17,26H,7-10,12-14H2,1-2H3. The lowest BCUT2D eigenvalue weighted by atomic mass is 10.1. The number of Topliss-reactive ketones (excluding diaryl/α,β-unsaturated/α-hetero) is 1. The summed E-state index contributed by atoms with van der Waals surface area (Å²) in [6.07, 6.45) is -0.591. The molecule has 3 rings (SSSR count). The lowest BCUT2D eigenvalue weighted by molar-refractivity contribution is 0.0442. The van der Waals surface area contributed by atoms with E-state index >= 15 is 0 Å². The van der Waals surface area contributed by atoms with E-state index in [0.29, 0.717) is 23.6 Å². The molecule has 0 spiro atoms. The van der Waals surface area contributed by atoms with Gasteiger partial charge in [-0.2, -0.15) is 0 Å². The smallest absolute Gasteiger partial charge is 0.161 e. The Morgan fingerprint density at radius 2 is 1.90 bits per heavy atom. The molecule has 0 radical (unpaired) electrons. The Hall–Kier alpha value is -1.45. The van der Waals surface area contributed by atoms with Gasteiger partial charge in [-0.1, -0.05) is 0 Å². The first-order valence-electron chi connectivity index (χ1n) is 9.63. The second kappa shape index (κ2) is 10.5. The Labute approximate surface area is 184 Å². The molecule has 0 amide bonds. The van der Waals surface area contributed by atoms with E-state index in [9.17, 15) is 9.90 Å². The first-order valence-corrected chi connectivity index (χ1v) is 11.2. The minimum absolute atomic E-state index is 0.0271. The Bertz CT molecular complexity index is 821. The highest BCUT2D eigenvalue weighted by atomic mass is 79.9. The molecule has 1 unspecified atom stereocenters. The van der Waals surface area contributed by atoms with E-state index in [1.165, 1.54) is 22.7 Å². The number of methoxy groups -OCH3 is 1. The van der Waals surface area contributed by atoms with E-state index in [1.54, 1.807) is 29.5 Å². The molecule has 1 fully saturated rings. The van der Waals surface area contributed by atoms with Gasteiger partial charge in [-0.05, 0) is 53.2 Å². The first kappa shape index (κ1) is 22.2. The van der Waals surface area contributed by atoms with Gasteiger partial charge in [0.05, 0.1) is 10.9 Å². The van der Waals surface area contributed by atoms with Crippen molar-refractivity contribution in [3.8, 4) is 11.5 Å². The van der Waals surface area contributed by atoms with Crippen LogP contribution in [0.1, 0.15) is 22.2 Å². The van der Waals surface area contributed by atoms with Gasteiger partial charge in [-0.25, -0.2) is 0 Å². The van der Waals surface area contributed by atoms with Crippen LogP contribution in [0.3, 0.4) is 0 Å². The number of ketones is 1.